The van der Waals surface area contributed by atoms with Gasteiger partial charge in [0.1, 0.15) is 30.2 Å². The topological polar surface area (TPSA) is 451 Å². The highest BCUT2D eigenvalue weighted by molar-refractivity contribution is 14.1. The summed E-state index contributed by atoms with van der Waals surface area (Å²) in [6.45, 7) is 1.67. The van der Waals surface area contributed by atoms with Crippen molar-refractivity contribution in [3.05, 3.63) is 58.9 Å². The van der Waals surface area contributed by atoms with E-state index in [9.17, 15) is 65.4 Å². The van der Waals surface area contributed by atoms with Crippen molar-refractivity contribution in [1.82, 2.24) is 51.4 Å². The van der Waals surface area contributed by atoms with E-state index in [1.807, 2.05) is 0 Å². The van der Waals surface area contributed by atoms with E-state index in [-0.39, 0.29) is 80.9 Å². The maximum Gasteiger partial charge on any atom is 0.305 e. The number of guanidine groups is 3. The normalized spacial score (nSPS) is 13.7. The van der Waals surface area contributed by atoms with E-state index in [2.05, 4.69) is 61.6 Å². The minimum Gasteiger partial charge on any atom is -0.481 e. The molecule has 0 radical (unpaired) electrons. The van der Waals surface area contributed by atoms with Crippen LogP contribution in [0.5, 0.6) is 0 Å². The Hall–Kier alpha value is -6.77. The number of rotatable bonds is 35. The number of azo groups is 1. The van der Waals surface area contributed by atoms with Crippen LogP contribution >= 0.6 is 57.2 Å². The summed E-state index contributed by atoms with van der Waals surface area (Å²) in [4.78, 5) is 107. The van der Waals surface area contributed by atoms with Gasteiger partial charge in [-0.3, -0.25) is 54.6 Å². The molecule has 7 atom stereocenters. The number of carboxylic acids is 1. The monoisotopic (exact) mass is 1380 g/mol. The number of carboxylic acid groups (broad SMARTS) is 1. The zero-order valence-corrected chi connectivity index (χ0v) is 48.1. The number of nitrogens with zero attached hydrogens (tertiary/aromatic N) is 2. The van der Waals surface area contributed by atoms with Gasteiger partial charge >= 0.3 is 5.97 Å². The number of thioether (sulfide) groups is 1. The number of nitrogens with two attached hydrogens (primary N) is 3. The largest absolute Gasteiger partial charge is 0.481 e. The van der Waals surface area contributed by atoms with Crippen LogP contribution in [0.4, 0.5) is 33.3 Å². The van der Waals surface area contributed by atoms with Crippen LogP contribution in [0.2, 0.25) is 0 Å². The van der Waals surface area contributed by atoms with Gasteiger partial charge < -0.3 is 70.2 Å². The summed E-state index contributed by atoms with van der Waals surface area (Å²) >= 11 is 4.58. The molecule has 7 unspecified atom stereocenters. The second kappa shape index (κ2) is 35.8. The number of hydrogen-bond donors (Lipinski definition) is 17. The summed E-state index contributed by atoms with van der Waals surface area (Å²) < 4.78 is 71.8. The van der Waals surface area contributed by atoms with E-state index in [0.717, 1.165) is 0 Å². The van der Waals surface area contributed by atoms with Gasteiger partial charge in [0, 0.05) is 71.5 Å². The number of aliphatic carboxylic acids is 1. The Morgan fingerprint density at radius 3 is 1.45 bits per heavy atom. The Bertz CT molecular complexity index is 2550. The van der Waals surface area contributed by atoms with Crippen LogP contribution in [0.1, 0.15) is 63.9 Å². The fourth-order valence-corrected chi connectivity index (χ4v) is 8.45. The lowest BCUT2D eigenvalue weighted by Gasteiger charge is -2.27. The number of halogens is 7. The molecule has 0 aromatic heterocycles. The minimum atomic E-state index is -2.40. The van der Waals surface area contributed by atoms with E-state index in [1.165, 1.54) is 65.5 Å². The molecular formula is C45H63F5I2N18O9S. The van der Waals surface area contributed by atoms with Crippen molar-refractivity contribution < 1.29 is 65.4 Å². The molecule has 0 bridgehead atoms. The van der Waals surface area contributed by atoms with Crippen molar-refractivity contribution in [2.24, 2.45) is 27.4 Å². The van der Waals surface area contributed by atoms with Crippen LogP contribution in [-0.2, 0) is 44.8 Å². The average molecular weight is 1380 g/mol. The fourth-order valence-electron chi connectivity index (χ4n) is 6.92. The molecule has 2 aromatic carbocycles. The summed E-state index contributed by atoms with van der Waals surface area (Å²) in [5.41, 5.74) is 14.5. The Kier molecular flexibility index (Phi) is 31.0. The van der Waals surface area contributed by atoms with Crippen molar-refractivity contribution in [1.29, 1.82) is 16.2 Å². The lowest BCUT2D eigenvalue weighted by Crippen LogP contribution is -2.59. The van der Waals surface area contributed by atoms with Crippen molar-refractivity contribution in [3.8, 4) is 0 Å². The highest BCUT2D eigenvalue weighted by Gasteiger charge is 2.34. The Morgan fingerprint density at radius 2 is 0.975 bits per heavy atom. The average Bonchev–Trinajstić information content (AvgIpc) is 3.39. The second-order valence-corrected chi connectivity index (χ2v) is 20.0. The van der Waals surface area contributed by atoms with Gasteiger partial charge in [0.05, 0.1) is 24.2 Å². The molecule has 80 heavy (non-hydrogen) atoms. The molecule has 35 heteroatoms. The van der Waals surface area contributed by atoms with Gasteiger partial charge in [0.15, 0.2) is 46.8 Å². The molecule has 27 nitrogen and oxygen atoms in total. The molecule has 0 heterocycles. The number of hydrogen-bond acceptors (Lipinski definition) is 15. The Morgan fingerprint density at radius 1 is 0.575 bits per heavy atom. The van der Waals surface area contributed by atoms with Crippen LogP contribution in [0, 0.1) is 45.3 Å². The quantitative estimate of drug-likeness (QED) is 0.00428. The highest BCUT2D eigenvalue weighted by atomic mass is 127. The van der Waals surface area contributed by atoms with Gasteiger partial charge in [-0.05, 0) is 81.6 Å². The molecule has 2 rings (SSSR count). The van der Waals surface area contributed by atoms with Gasteiger partial charge in [0.25, 0.3) is 0 Å². The lowest BCUT2D eigenvalue weighted by atomic mass is 10.0. The second-order valence-electron chi connectivity index (χ2n) is 17.3. The molecule has 0 fully saturated rings. The van der Waals surface area contributed by atoms with Crippen LogP contribution < -0.4 is 68.6 Å². The number of carbonyl (C=O) groups excluding carboxylic acids is 7. The first-order valence-electron chi connectivity index (χ1n) is 24.0. The number of nitrogens with one attached hydrogen (secondary N) is 13. The first-order valence-corrected chi connectivity index (χ1v) is 27.6. The third-order valence-electron chi connectivity index (χ3n) is 11.1. The van der Waals surface area contributed by atoms with E-state index >= 15 is 0 Å². The number of benzene rings is 2. The van der Waals surface area contributed by atoms with Crippen LogP contribution in [0.15, 0.2) is 34.5 Å². The van der Waals surface area contributed by atoms with Crippen LogP contribution in [0.3, 0.4) is 0 Å². The lowest BCUT2D eigenvalue weighted by molar-refractivity contribution is -0.141. The van der Waals surface area contributed by atoms with Crippen molar-refractivity contribution in [2.75, 3.05) is 31.6 Å². The number of amides is 6. The molecule has 6 amide bonds. The molecule has 0 saturated carbocycles. The maximum absolute atomic E-state index is 14.2. The van der Waals surface area contributed by atoms with E-state index in [0.29, 0.717) is 18.6 Å². The summed E-state index contributed by atoms with van der Waals surface area (Å²) in [5, 5.41) is 61.3. The first-order chi connectivity index (χ1) is 37.7. The van der Waals surface area contributed by atoms with Crippen molar-refractivity contribution in [3.63, 3.8) is 0 Å². The molecule has 0 aliphatic heterocycles. The SMILES string of the molecule is CSCCC(NC(=O)C(CCCNC(=N)N)NC(=O)C(C)NC(=O)C(CC(=O)O)NC(=O)C(Cc1ccc(/N=N/c2c(F)c(F)c(F)c(F)c2F)cc1)NC(=O)C(CCCNC(=N)N)NI)C(=O)NC(CCCNC(=N)N)C(=O)I. The predicted octanol–water partition coefficient (Wildman–Crippen LogP) is 0.556. The molecular weight excluding hydrogens is 1320 g/mol. The van der Waals surface area contributed by atoms with Crippen molar-refractivity contribution >= 4 is 132 Å². The predicted molar refractivity (Wildman–Crippen MR) is 300 cm³/mol. The first kappa shape index (κ1) is 69.3. The standard InChI is InChI=1S/C45H63F5I2N18O9S/c1-20(37(74)64-24(7-4-15-60-44(55)56)38(75)65-25(13-17-80-2)39(76)63-23(36(51)73)6-3-14-59-43(53)54)62-41(78)28(19-29(71)72)67-42(79)27(66-40(77)26(68-52)8-5-16-61-45(57)58)18-21-9-11-22(12-10-21)69-70-35-33(49)31(47)30(46)32(48)34(35)50/h9-12,20,23-28,68H,3-8,13-19H2,1-2H3,(H,62,78)(H,63,76)(H,64,74)(H,65,75)(H,66,77)(H,67,79)(H,71,72)(H4,53,54,59)(H4,55,56,60)(H4,57,58,61)/b70-69+. The molecule has 0 spiro atoms. The van der Waals surface area contributed by atoms with Gasteiger partial charge in [-0.15, -0.1) is 5.11 Å². The third kappa shape index (κ3) is 24.7. The highest BCUT2D eigenvalue weighted by Crippen LogP contribution is 2.31. The summed E-state index contributed by atoms with van der Waals surface area (Å²) in [6.07, 6.45) is 1.32. The zero-order valence-electron chi connectivity index (χ0n) is 42.9. The third-order valence-corrected chi connectivity index (χ3v) is 13.2. The molecule has 442 valence electrons. The van der Waals surface area contributed by atoms with Gasteiger partial charge in [-0.2, -0.15) is 16.9 Å². The molecule has 20 N–H and O–H groups in total. The summed E-state index contributed by atoms with van der Waals surface area (Å²) in [6, 6.07) is -4.70. The van der Waals surface area contributed by atoms with Gasteiger partial charge in [-0.1, -0.05) is 12.1 Å². The van der Waals surface area contributed by atoms with Crippen LogP contribution in [-0.4, -0.2) is 142 Å². The smallest absolute Gasteiger partial charge is 0.305 e. The zero-order chi connectivity index (χ0) is 60.2. The summed E-state index contributed by atoms with van der Waals surface area (Å²) in [7, 11) is 0. The van der Waals surface area contributed by atoms with Crippen molar-refractivity contribution in [2.45, 2.75) is 107 Å². The minimum absolute atomic E-state index is 0.0643. The fraction of sp³-hybridized carbons (Fsp3) is 0.489. The summed E-state index contributed by atoms with van der Waals surface area (Å²) in [5.74, 6) is -19.2. The molecule has 0 saturated heterocycles. The maximum atomic E-state index is 14.2. The van der Waals surface area contributed by atoms with E-state index in [1.54, 1.807) is 29.1 Å². The van der Waals surface area contributed by atoms with Gasteiger partial charge in [0.2, 0.25) is 45.1 Å². The Balaban J connectivity index is 2.41. The molecule has 2 aromatic rings. The van der Waals surface area contributed by atoms with E-state index in [4.69, 9.17) is 33.4 Å². The Labute approximate surface area is 486 Å². The van der Waals surface area contributed by atoms with E-state index < -0.39 is 135 Å². The van der Waals surface area contributed by atoms with Gasteiger partial charge in [-0.25, -0.2) is 25.5 Å². The number of carbonyl (C=O) groups is 8. The van der Waals surface area contributed by atoms with Crippen LogP contribution in [0.25, 0.3) is 0 Å². The molecule has 0 aliphatic carbocycles. The molecule has 0 aliphatic rings.